The van der Waals surface area contributed by atoms with E-state index in [1.54, 1.807) is 12.1 Å². The number of nitrogens with one attached hydrogen (secondary N) is 1. The summed E-state index contributed by atoms with van der Waals surface area (Å²) in [6, 6.07) is 4.58. The van der Waals surface area contributed by atoms with Crippen LogP contribution in [0, 0.1) is 18.2 Å². The molecule has 0 aromatic heterocycles. The summed E-state index contributed by atoms with van der Waals surface area (Å²) < 4.78 is 18.5. The van der Waals surface area contributed by atoms with Crippen LogP contribution in [0.3, 0.4) is 0 Å². The Hall–Kier alpha value is -1.69. The Morgan fingerprint density at radius 1 is 1.60 bits per heavy atom. The van der Waals surface area contributed by atoms with Crippen molar-refractivity contribution in [2.45, 2.75) is 19.9 Å². The van der Waals surface area contributed by atoms with E-state index in [9.17, 15) is 4.39 Å². The summed E-state index contributed by atoms with van der Waals surface area (Å²) in [5.41, 5.74) is 0.654. The molecule has 80 valence electrons. The maximum absolute atomic E-state index is 13.4. The van der Waals surface area contributed by atoms with Gasteiger partial charge in [-0.1, -0.05) is 5.92 Å². The molecule has 0 amide bonds. The topological polar surface area (TPSA) is 21.3 Å². The highest BCUT2D eigenvalue weighted by Gasteiger charge is 2.04. The third-order valence-electron chi connectivity index (χ3n) is 1.86. The van der Waals surface area contributed by atoms with Gasteiger partial charge in [0.2, 0.25) is 0 Å². The van der Waals surface area contributed by atoms with Crippen LogP contribution in [0.15, 0.2) is 18.2 Å². The van der Waals surface area contributed by atoms with E-state index in [0.717, 1.165) is 0 Å². The van der Waals surface area contributed by atoms with Gasteiger partial charge in [0.1, 0.15) is 0 Å². The maximum atomic E-state index is 13.4. The molecule has 0 saturated heterocycles. The van der Waals surface area contributed by atoms with Crippen LogP contribution in [-0.2, 0) is 0 Å². The van der Waals surface area contributed by atoms with Gasteiger partial charge in [-0.2, -0.15) is 0 Å². The molecule has 1 N–H and O–H groups in total. The molecule has 1 rings (SSSR count). The highest BCUT2D eigenvalue weighted by atomic mass is 19.1. The van der Waals surface area contributed by atoms with Crippen molar-refractivity contribution in [1.82, 2.24) is 0 Å². The molecule has 0 aliphatic rings. The molecule has 1 aromatic rings. The van der Waals surface area contributed by atoms with Gasteiger partial charge < -0.3 is 10.1 Å². The maximum Gasteiger partial charge on any atom is 0.167 e. The van der Waals surface area contributed by atoms with Crippen LogP contribution in [0.5, 0.6) is 5.75 Å². The Labute approximate surface area is 89.4 Å². The smallest absolute Gasteiger partial charge is 0.167 e. The molecule has 1 aromatic carbocycles. The van der Waals surface area contributed by atoms with Gasteiger partial charge in [0, 0.05) is 11.8 Å². The fraction of sp³-hybridized carbons (Fsp3) is 0.333. The normalized spacial score (nSPS) is 11.6. The molecule has 0 aliphatic heterocycles. The fourth-order valence-corrected chi connectivity index (χ4v) is 1.15. The molecule has 15 heavy (non-hydrogen) atoms. The van der Waals surface area contributed by atoms with Gasteiger partial charge in [-0.15, -0.1) is 6.42 Å². The number of benzene rings is 1. The molecule has 0 bridgehead atoms. The van der Waals surface area contributed by atoms with Gasteiger partial charge in [0.25, 0.3) is 0 Å². The van der Waals surface area contributed by atoms with Crippen LogP contribution >= 0.6 is 0 Å². The quantitative estimate of drug-likeness (QED) is 0.766. The number of rotatable bonds is 4. The second kappa shape index (κ2) is 5.26. The van der Waals surface area contributed by atoms with Gasteiger partial charge >= 0.3 is 0 Å². The summed E-state index contributed by atoms with van der Waals surface area (Å²) in [5.74, 6) is 2.39. The zero-order chi connectivity index (χ0) is 11.3. The summed E-state index contributed by atoms with van der Waals surface area (Å²) in [4.78, 5) is 0. The minimum atomic E-state index is -0.383. The van der Waals surface area contributed by atoms with Crippen molar-refractivity contribution in [3.63, 3.8) is 0 Å². The van der Waals surface area contributed by atoms with E-state index < -0.39 is 0 Å². The molecule has 1 atom stereocenters. The molecule has 0 aliphatic carbocycles. The van der Waals surface area contributed by atoms with E-state index in [2.05, 4.69) is 11.2 Å². The Kier molecular flexibility index (Phi) is 3.99. The molecule has 0 radical (unpaired) electrons. The van der Waals surface area contributed by atoms with Crippen molar-refractivity contribution in [2.75, 3.05) is 11.9 Å². The van der Waals surface area contributed by atoms with Crippen LogP contribution in [0.25, 0.3) is 0 Å². The first kappa shape index (κ1) is 11.4. The first-order chi connectivity index (χ1) is 7.17. The molecular weight excluding hydrogens is 193 g/mol. The van der Waals surface area contributed by atoms with E-state index in [-0.39, 0.29) is 17.6 Å². The van der Waals surface area contributed by atoms with Crippen LogP contribution in [0.4, 0.5) is 10.1 Å². The van der Waals surface area contributed by atoms with E-state index in [1.165, 1.54) is 6.07 Å². The van der Waals surface area contributed by atoms with E-state index in [0.29, 0.717) is 12.3 Å². The third kappa shape index (κ3) is 3.17. The number of anilines is 1. The minimum absolute atomic E-state index is 0.123. The average Bonchev–Trinajstić information content (AvgIpc) is 2.22. The number of halogens is 1. The van der Waals surface area contributed by atoms with E-state index in [4.69, 9.17) is 11.2 Å². The second-order valence-corrected chi connectivity index (χ2v) is 3.11. The Balaban J connectivity index is 2.78. The first-order valence-electron chi connectivity index (χ1n) is 4.82. The van der Waals surface area contributed by atoms with Crippen molar-refractivity contribution >= 4 is 5.69 Å². The molecule has 0 fully saturated rings. The highest BCUT2D eigenvalue weighted by molar-refractivity contribution is 5.48. The SMILES string of the molecule is C#CC(C)Nc1ccc(OCC)c(F)c1. The third-order valence-corrected chi connectivity index (χ3v) is 1.86. The molecule has 0 saturated carbocycles. The molecule has 2 nitrogen and oxygen atoms in total. The first-order valence-corrected chi connectivity index (χ1v) is 4.82. The lowest BCUT2D eigenvalue weighted by Crippen LogP contribution is -2.12. The van der Waals surface area contributed by atoms with Crippen molar-refractivity contribution in [3.8, 4) is 18.1 Å². The van der Waals surface area contributed by atoms with E-state index in [1.807, 2.05) is 13.8 Å². The number of terminal acetylenes is 1. The fourth-order valence-electron chi connectivity index (χ4n) is 1.15. The van der Waals surface area contributed by atoms with Gasteiger partial charge in [-0.3, -0.25) is 0 Å². The number of ether oxygens (including phenoxy) is 1. The average molecular weight is 207 g/mol. The predicted octanol–water partition coefficient (Wildman–Crippen LogP) is 2.66. The summed E-state index contributed by atoms with van der Waals surface area (Å²) in [5, 5.41) is 2.97. The van der Waals surface area contributed by atoms with Crippen molar-refractivity contribution in [1.29, 1.82) is 0 Å². The monoisotopic (exact) mass is 207 g/mol. The molecule has 1 unspecified atom stereocenters. The van der Waals surface area contributed by atoms with Gasteiger partial charge in [0.05, 0.1) is 12.6 Å². The van der Waals surface area contributed by atoms with Gasteiger partial charge in [-0.25, -0.2) is 4.39 Å². The summed E-state index contributed by atoms with van der Waals surface area (Å²) in [6.45, 7) is 4.09. The Morgan fingerprint density at radius 3 is 2.87 bits per heavy atom. The van der Waals surface area contributed by atoms with Gasteiger partial charge in [0.15, 0.2) is 11.6 Å². The van der Waals surface area contributed by atoms with Crippen LogP contribution in [0.1, 0.15) is 13.8 Å². The lowest BCUT2D eigenvalue weighted by atomic mass is 10.2. The number of hydrogen-bond donors (Lipinski definition) is 1. The summed E-state index contributed by atoms with van der Waals surface area (Å²) >= 11 is 0. The molecule has 0 spiro atoms. The lowest BCUT2D eigenvalue weighted by Gasteiger charge is -2.11. The second-order valence-electron chi connectivity index (χ2n) is 3.11. The number of hydrogen-bond acceptors (Lipinski definition) is 2. The molecule has 0 heterocycles. The zero-order valence-electron chi connectivity index (χ0n) is 8.88. The Bertz CT molecular complexity index is 370. The highest BCUT2D eigenvalue weighted by Crippen LogP contribution is 2.21. The van der Waals surface area contributed by atoms with Crippen molar-refractivity contribution in [2.24, 2.45) is 0 Å². The Morgan fingerprint density at radius 2 is 2.33 bits per heavy atom. The summed E-state index contributed by atoms with van der Waals surface area (Å²) in [6.07, 6.45) is 5.20. The van der Waals surface area contributed by atoms with Crippen molar-refractivity contribution in [3.05, 3.63) is 24.0 Å². The molecule has 3 heteroatoms. The summed E-state index contributed by atoms with van der Waals surface area (Å²) in [7, 11) is 0. The largest absolute Gasteiger partial charge is 0.491 e. The lowest BCUT2D eigenvalue weighted by molar-refractivity contribution is 0.321. The van der Waals surface area contributed by atoms with Crippen LogP contribution in [-0.4, -0.2) is 12.6 Å². The molecular formula is C12H14FNO. The standard InChI is InChI=1S/C12H14FNO/c1-4-9(3)14-10-6-7-12(15-5-2)11(13)8-10/h1,6-9,14H,5H2,2-3H3. The predicted molar refractivity (Wildman–Crippen MR) is 59.5 cm³/mol. The van der Waals surface area contributed by atoms with Crippen LogP contribution < -0.4 is 10.1 Å². The van der Waals surface area contributed by atoms with E-state index >= 15 is 0 Å². The van der Waals surface area contributed by atoms with Crippen molar-refractivity contribution < 1.29 is 9.13 Å². The van der Waals surface area contributed by atoms with Crippen LogP contribution in [0.2, 0.25) is 0 Å². The zero-order valence-corrected chi connectivity index (χ0v) is 8.88. The van der Waals surface area contributed by atoms with Gasteiger partial charge in [-0.05, 0) is 26.0 Å². The minimum Gasteiger partial charge on any atom is -0.491 e.